The minimum atomic E-state index is -0.482. The second kappa shape index (κ2) is 8.48. The van der Waals surface area contributed by atoms with Gasteiger partial charge in [0.2, 0.25) is 5.91 Å². The molecular formula is C19H21N3O5. The maximum Gasteiger partial charge on any atom is 0.338 e. The van der Waals surface area contributed by atoms with Crippen LogP contribution in [0.3, 0.4) is 0 Å². The van der Waals surface area contributed by atoms with E-state index in [-0.39, 0.29) is 23.5 Å². The summed E-state index contributed by atoms with van der Waals surface area (Å²) in [5, 5.41) is 5.19. The summed E-state index contributed by atoms with van der Waals surface area (Å²) in [5.74, 6) is -1.01. The smallest absolute Gasteiger partial charge is 0.338 e. The Bertz CT molecular complexity index is 824. The van der Waals surface area contributed by atoms with Crippen LogP contribution in [0.4, 0.5) is 11.7 Å². The van der Waals surface area contributed by atoms with Crippen molar-refractivity contribution in [3.63, 3.8) is 0 Å². The maximum atomic E-state index is 12.2. The molecule has 142 valence electrons. The van der Waals surface area contributed by atoms with Crippen LogP contribution in [0.25, 0.3) is 0 Å². The van der Waals surface area contributed by atoms with Crippen LogP contribution in [-0.2, 0) is 9.53 Å². The SMILES string of the molecule is CCCCOC(=O)c1ccc(NC(=O)c2coc(NC(=O)C3CC3)n2)cc1. The number of aromatic nitrogens is 1. The molecule has 1 aromatic carbocycles. The van der Waals surface area contributed by atoms with Gasteiger partial charge in [-0.15, -0.1) is 0 Å². The third kappa shape index (κ3) is 5.16. The van der Waals surface area contributed by atoms with Crippen LogP contribution in [0.5, 0.6) is 0 Å². The second-order valence-corrected chi connectivity index (χ2v) is 6.32. The molecule has 0 spiro atoms. The summed E-state index contributed by atoms with van der Waals surface area (Å²) in [6, 6.07) is 6.36. The highest BCUT2D eigenvalue weighted by Crippen LogP contribution is 2.30. The summed E-state index contributed by atoms with van der Waals surface area (Å²) in [5.41, 5.74) is 0.955. The Morgan fingerprint density at radius 2 is 1.93 bits per heavy atom. The zero-order chi connectivity index (χ0) is 19.2. The largest absolute Gasteiger partial charge is 0.462 e. The standard InChI is InChI=1S/C19H21N3O5/c1-2-3-10-26-18(25)13-6-8-14(9-7-13)20-17(24)15-11-27-19(21-15)22-16(23)12-4-5-12/h6-9,11-12H,2-5,10H2,1H3,(H,20,24)(H,21,22,23). The van der Waals surface area contributed by atoms with Gasteiger partial charge in [-0.2, -0.15) is 4.98 Å². The monoisotopic (exact) mass is 371 g/mol. The number of ether oxygens (including phenoxy) is 1. The molecule has 1 saturated carbocycles. The van der Waals surface area contributed by atoms with Gasteiger partial charge in [-0.05, 0) is 43.5 Å². The minimum Gasteiger partial charge on any atom is -0.462 e. The first-order valence-corrected chi connectivity index (χ1v) is 8.91. The number of oxazole rings is 1. The van der Waals surface area contributed by atoms with Crippen LogP contribution in [0, 0.1) is 5.92 Å². The first-order valence-electron chi connectivity index (χ1n) is 8.91. The Morgan fingerprint density at radius 3 is 2.59 bits per heavy atom. The van der Waals surface area contributed by atoms with Crippen molar-refractivity contribution >= 4 is 29.5 Å². The van der Waals surface area contributed by atoms with Crippen molar-refractivity contribution < 1.29 is 23.5 Å². The average Bonchev–Trinajstić information content (AvgIpc) is 3.42. The molecule has 2 N–H and O–H groups in total. The van der Waals surface area contributed by atoms with Crippen molar-refractivity contribution in [3.8, 4) is 0 Å². The molecule has 0 aliphatic heterocycles. The van der Waals surface area contributed by atoms with Crippen molar-refractivity contribution in [1.29, 1.82) is 0 Å². The Balaban J connectivity index is 1.53. The number of nitrogens with zero attached hydrogens (tertiary/aromatic N) is 1. The highest BCUT2D eigenvalue weighted by molar-refractivity contribution is 6.03. The lowest BCUT2D eigenvalue weighted by Crippen LogP contribution is -2.15. The lowest BCUT2D eigenvalue weighted by atomic mass is 10.2. The third-order valence-corrected chi connectivity index (χ3v) is 4.02. The summed E-state index contributed by atoms with van der Waals surface area (Å²) in [6.45, 7) is 2.41. The number of amides is 2. The molecule has 8 nitrogen and oxygen atoms in total. The molecule has 1 aromatic heterocycles. The first kappa shape index (κ1) is 18.6. The predicted octanol–water partition coefficient (Wildman–Crippen LogP) is 3.23. The zero-order valence-corrected chi connectivity index (χ0v) is 15.0. The van der Waals surface area contributed by atoms with Crippen molar-refractivity contribution in [3.05, 3.63) is 41.8 Å². The quantitative estimate of drug-likeness (QED) is 0.544. The van der Waals surface area contributed by atoms with Crippen molar-refractivity contribution in [2.45, 2.75) is 32.6 Å². The normalized spacial score (nSPS) is 13.1. The van der Waals surface area contributed by atoms with Gasteiger partial charge in [0.15, 0.2) is 5.69 Å². The maximum absolute atomic E-state index is 12.2. The van der Waals surface area contributed by atoms with Gasteiger partial charge in [-0.25, -0.2) is 4.79 Å². The van der Waals surface area contributed by atoms with Gasteiger partial charge in [0, 0.05) is 11.6 Å². The minimum absolute atomic E-state index is 0.00206. The van der Waals surface area contributed by atoms with Gasteiger partial charge in [0.1, 0.15) is 6.26 Å². The van der Waals surface area contributed by atoms with Crippen molar-refractivity contribution in [2.24, 2.45) is 5.92 Å². The van der Waals surface area contributed by atoms with E-state index < -0.39 is 11.9 Å². The highest BCUT2D eigenvalue weighted by Gasteiger charge is 2.30. The fraction of sp³-hybridized carbons (Fsp3) is 0.368. The summed E-state index contributed by atoms with van der Waals surface area (Å²) in [6.07, 6.45) is 4.67. The summed E-state index contributed by atoms with van der Waals surface area (Å²) < 4.78 is 10.2. The van der Waals surface area contributed by atoms with Crippen LogP contribution in [0.15, 0.2) is 34.9 Å². The molecule has 3 rings (SSSR count). The molecule has 1 fully saturated rings. The molecule has 1 aliphatic carbocycles. The second-order valence-electron chi connectivity index (χ2n) is 6.32. The van der Waals surface area contributed by atoms with E-state index >= 15 is 0 Å². The van der Waals surface area contributed by atoms with Crippen LogP contribution in [-0.4, -0.2) is 29.4 Å². The lowest BCUT2D eigenvalue weighted by Gasteiger charge is -2.06. The first-order chi connectivity index (χ1) is 13.1. The number of carbonyl (C=O) groups excluding carboxylic acids is 3. The average molecular weight is 371 g/mol. The van der Waals surface area contributed by atoms with Gasteiger partial charge in [-0.3, -0.25) is 14.9 Å². The number of unbranched alkanes of at least 4 members (excludes halogenated alkanes) is 1. The summed E-state index contributed by atoms with van der Waals surface area (Å²) in [7, 11) is 0. The van der Waals surface area contributed by atoms with Gasteiger partial charge >= 0.3 is 12.0 Å². The molecular weight excluding hydrogens is 350 g/mol. The highest BCUT2D eigenvalue weighted by atomic mass is 16.5. The van der Waals surface area contributed by atoms with E-state index in [9.17, 15) is 14.4 Å². The Kier molecular flexibility index (Phi) is 5.85. The van der Waals surface area contributed by atoms with E-state index in [1.165, 1.54) is 6.26 Å². The molecule has 2 aromatic rings. The van der Waals surface area contributed by atoms with E-state index in [0.717, 1.165) is 25.7 Å². The van der Waals surface area contributed by atoms with E-state index in [1.54, 1.807) is 24.3 Å². The predicted molar refractivity (Wildman–Crippen MR) is 97.4 cm³/mol. The van der Waals surface area contributed by atoms with E-state index in [4.69, 9.17) is 9.15 Å². The van der Waals surface area contributed by atoms with E-state index in [0.29, 0.717) is 17.9 Å². The Hall–Kier alpha value is -3.16. The number of nitrogens with one attached hydrogen (secondary N) is 2. The third-order valence-electron chi connectivity index (χ3n) is 4.02. The molecule has 0 radical (unpaired) electrons. The molecule has 27 heavy (non-hydrogen) atoms. The molecule has 8 heteroatoms. The molecule has 1 aliphatic rings. The molecule has 0 saturated heterocycles. The van der Waals surface area contributed by atoms with Gasteiger partial charge in [-0.1, -0.05) is 13.3 Å². The number of esters is 1. The topological polar surface area (TPSA) is 111 Å². The molecule has 2 amide bonds. The fourth-order valence-electron chi connectivity index (χ4n) is 2.27. The number of hydrogen-bond donors (Lipinski definition) is 2. The Labute approximate surface area is 156 Å². The van der Waals surface area contributed by atoms with Crippen LogP contribution >= 0.6 is 0 Å². The van der Waals surface area contributed by atoms with Gasteiger partial charge in [0.05, 0.1) is 12.2 Å². The van der Waals surface area contributed by atoms with Gasteiger partial charge in [0.25, 0.3) is 5.91 Å². The molecule has 0 bridgehead atoms. The van der Waals surface area contributed by atoms with Crippen LogP contribution in [0.1, 0.15) is 53.5 Å². The molecule has 1 heterocycles. The Morgan fingerprint density at radius 1 is 1.19 bits per heavy atom. The number of benzene rings is 1. The summed E-state index contributed by atoms with van der Waals surface area (Å²) >= 11 is 0. The van der Waals surface area contributed by atoms with Crippen LogP contribution in [0.2, 0.25) is 0 Å². The summed E-state index contributed by atoms with van der Waals surface area (Å²) in [4.78, 5) is 39.7. The van der Waals surface area contributed by atoms with Crippen LogP contribution < -0.4 is 10.6 Å². The number of carbonyl (C=O) groups is 3. The van der Waals surface area contributed by atoms with E-state index in [1.807, 2.05) is 6.92 Å². The fourth-order valence-corrected chi connectivity index (χ4v) is 2.27. The zero-order valence-electron chi connectivity index (χ0n) is 15.0. The van der Waals surface area contributed by atoms with Crippen molar-refractivity contribution in [2.75, 3.05) is 17.2 Å². The lowest BCUT2D eigenvalue weighted by molar-refractivity contribution is -0.117. The van der Waals surface area contributed by atoms with Crippen molar-refractivity contribution in [1.82, 2.24) is 4.98 Å². The molecule has 0 unspecified atom stereocenters. The van der Waals surface area contributed by atoms with E-state index in [2.05, 4.69) is 15.6 Å². The number of rotatable bonds is 8. The number of hydrogen-bond acceptors (Lipinski definition) is 6. The molecule has 0 atom stereocenters. The number of anilines is 2. The van der Waals surface area contributed by atoms with Gasteiger partial charge < -0.3 is 14.5 Å².